The third-order valence-electron chi connectivity index (χ3n) is 4.29. The molecule has 1 N–H and O–H groups in total. The van der Waals surface area contributed by atoms with Crippen molar-refractivity contribution in [2.45, 2.75) is 23.1 Å². The largest absolute Gasteiger partial charge is 0.299 e. The summed E-state index contributed by atoms with van der Waals surface area (Å²) in [5, 5.41) is 10.8. The molecule has 0 saturated carbocycles. The smallest absolute Gasteiger partial charge is 0.264 e. The van der Waals surface area contributed by atoms with Gasteiger partial charge in [0.05, 0.1) is 10.6 Å². The molecule has 0 saturated heterocycles. The number of carbonyl (C=O) groups is 1. The molecule has 0 atom stereocenters. The standard InChI is InChI=1S/C19H20N4O3S3/c1-13-8-7-11-16(14(13)2)23(29(25,26)15-9-5-4-6-10-15)12-17(24)20-18-21-22-19(27-3)28-18/h4-11H,12H2,1-3H3,(H,20,21,24). The van der Waals surface area contributed by atoms with Crippen LogP contribution in [0.2, 0.25) is 0 Å². The third kappa shape index (κ3) is 4.77. The number of amides is 1. The lowest BCUT2D eigenvalue weighted by Gasteiger charge is -2.26. The van der Waals surface area contributed by atoms with Crippen molar-refractivity contribution in [3.8, 4) is 0 Å². The molecule has 1 aromatic heterocycles. The van der Waals surface area contributed by atoms with Gasteiger partial charge in [0.15, 0.2) is 4.34 Å². The average Bonchev–Trinajstić information content (AvgIpc) is 3.16. The summed E-state index contributed by atoms with van der Waals surface area (Å²) in [4.78, 5) is 12.8. The molecule has 0 radical (unpaired) electrons. The SMILES string of the molecule is CSc1nnc(NC(=O)CN(c2cccc(C)c2C)S(=O)(=O)c2ccccc2)s1. The highest BCUT2D eigenvalue weighted by molar-refractivity contribution is 8.00. The number of thioether (sulfide) groups is 1. The Morgan fingerprint density at radius 1 is 1.10 bits per heavy atom. The first-order valence-electron chi connectivity index (χ1n) is 8.64. The molecule has 0 aliphatic carbocycles. The van der Waals surface area contributed by atoms with Crippen molar-refractivity contribution in [3.63, 3.8) is 0 Å². The molecule has 7 nitrogen and oxygen atoms in total. The maximum atomic E-state index is 13.4. The van der Waals surface area contributed by atoms with Gasteiger partial charge in [-0.3, -0.25) is 14.4 Å². The van der Waals surface area contributed by atoms with Gasteiger partial charge >= 0.3 is 0 Å². The van der Waals surface area contributed by atoms with Gasteiger partial charge in [0.25, 0.3) is 10.0 Å². The van der Waals surface area contributed by atoms with E-state index >= 15 is 0 Å². The van der Waals surface area contributed by atoms with Crippen LogP contribution >= 0.6 is 23.1 Å². The fourth-order valence-corrected chi connectivity index (χ4v) is 5.34. The molecular weight excluding hydrogens is 428 g/mol. The summed E-state index contributed by atoms with van der Waals surface area (Å²) in [5.41, 5.74) is 2.19. The Bertz CT molecular complexity index is 1110. The minimum atomic E-state index is -3.94. The second kappa shape index (κ2) is 8.93. The average molecular weight is 449 g/mol. The van der Waals surface area contributed by atoms with Gasteiger partial charge in [-0.05, 0) is 49.4 Å². The van der Waals surface area contributed by atoms with Crippen LogP contribution in [0.1, 0.15) is 11.1 Å². The number of nitrogens with zero attached hydrogens (tertiary/aromatic N) is 3. The zero-order valence-corrected chi connectivity index (χ0v) is 18.6. The van der Waals surface area contributed by atoms with E-state index in [0.717, 1.165) is 15.4 Å². The number of carbonyl (C=O) groups excluding carboxylic acids is 1. The number of rotatable bonds is 7. The summed E-state index contributed by atoms with van der Waals surface area (Å²) in [7, 11) is -3.94. The van der Waals surface area contributed by atoms with Gasteiger partial charge in [0.2, 0.25) is 11.0 Å². The van der Waals surface area contributed by atoms with E-state index in [9.17, 15) is 13.2 Å². The molecule has 10 heteroatoms. The van der Waals surface area contributed by atoms with Crippen molar-refractivity contribution < 1.29 is 13.2 Å². The number of hydrogen-bond donors (Lipinski definition) is 1. The second-order valence-corrected chi connectivity index (χ2v) is 10.1. The maximum absolute atomic E-state index is 13.4. The molecular formula is C19H20N4O3S3. The Morgan fingerprint density at radius 2 is 1.83 bits per heavy atom. The Labute approximate surface area is 178 Å². The molecule has 1 heterocycles. The van der Waals surface area contributed by atoms with Crippen LogP contribution in [0.3, 0.4) is 0 Å². The van der Waals surface area contributed by atoms with Gasteiger partial charge < -0.3 is 0 Å². The van der Waals surface area contributed by atoms with Crippen LogP contribution in [-0.4, -0.2) is 37.3 Å². The molecule has 29 heavy (non-hydrogen) atoms. The third-order valence-corrected chi connectivity index (χ3v) is 7.88. The Kier molecular flexibility index (Phi) is 6.56. The van der Waals surface area contributed by atoms with Crippen molar-refractivity contribution in [1.29, 1.82) is 0 Å². The lowest BCUT2D eigenvalue weighted by atomic mass is 10.1. The van der Waals surface area contributed by atoms with Crippen molar-refractivity contribution >= 4 is 49.8 Å². The van der Waals surface area contributed by atoms with E-state index < -0.39 is 15.9 Å². The highest BCUT2D eigenvalue weighted by Gasteiger charge is 2.28. The number of anilines is 2. The van der Waals surface area contributed by atoms with Crippen molar-refractivity contribution in [2.75, 3.05) is 22.4 Å². The zero-order chi connectivity index (χ0) is 21.0. The number of nitrogens with one attached hydrogen (secondary N) is 1. The van der Waals surface area contributed by atoms with Crippen molar-refractivity contribution in [1.82, 2.24) is 10.2 Å². The Balaban J connectivity index is 1.97. The molecule has 0 unspecified atom stereocenters. The normalized spacial score (nSPS) is 11.3. The summed E-state index contributed by atoms with van der Waals surface area (Å²) >= 11 is 2.65. The van der Waals surface area contributed by atoms with Crippen LogP contribution in [0, 0.1) is 13.8 Å². The molecule has 1 amide bonds. The molecule has 0 fully saturated rings. The van der Waals surface area contributed by atoms with Crippen LogP contribution in [0.25, 0.3) is 0 Å². The predicted molar refractivity (Wildman–Crippen MR) is 117 cm³/mol. The van der Waals surface area contributed by atoms with Gasteiger partial charge in [-0.15, -0.1) is 10.2 Å². The van der Waals surface area contributed by atoms with Gasteiger partial charge in [-0.1, -0.05) is 53.4 Å². The van der Waals surface area contributed by atoms with Crippen molar-refractivity contribution in [3.05, 3.63) is 59.7 Å². The van der Waals surface area contributed by atoms with E-state index in [1.165, 1.54) is 35.2 Å². The monoisotopic (exact) mass is 448 g/mol. The molecule has 0 aliphatic heterocycles. The molecule has 2 aromatic carbocycles. The number of aromatic nitrogens is 2. The predicted octanol–water partition coefficient (Wildman–Crippen LogP) is 3.71. The van der Waals surface area contributed by atoms with E-state index in [2.05, 4.69) is 15.5 Å². The molecule has 3 rings (SSSR count). The van der Waals surface area contributed by atoms with E-state index in [-0.39, 0.29) is 11.4 Å². The van der Waals surface area contributed by atoms with Gasteiger partial charge in [0, 0.05) is 0 Å². The second-order valence-electron chi connectivity index (χ2n) is 6.17. The van der Waals surface area contributed by atoms with Crippen LogP contribution < -0.4 is 9.62 Å². The first kappa shape index (κ1) is 21.3. The van der Waals surface area contributed by atoms with Crippen LogP contribution in [0.15, 0.2) is 57.8 Å². The van der Waals surface area contributed by atoms with E-state index in [1.54, 1.807) is 30.3 Å². The van der Waals surface area contributed by atoms with Gasteiger partial charge in [-0.25, -0.2) is 8.42 Å². The molecule has 0 spiro atoms. The van der Waals surface area contributed by atoms with Gasteiger partial charge in [-0.2, -0.15) is 0 Å². The topological polar surface area (TPSA) is 92.3 Å². The number of aryl methyl sites for hydroxylation is 1. The number of hydrogen-bond acceptors (Lipinski definition) is 7. The fourth-order valence-electron chi connectivity index (χ4n) is 2.66. The summed E-state index contributed by atoms with van der Waals surface area (Å²) in [6.45, 7) is 3.36. The molecule has 0 aliphatic rings. The van der Waals surface area contributed by atoms with E-state index in [0.29, 0.717) is 15.2 Å². The minimum Gasteiger partial charge on any atom is -0.299 e. The lowest BCUT2D eigenvalue weighted by molar-refractivity contribution is -0.114. The summed E-state index contributed by atoms with van der Waals surface area (Å²) in [5.74, 6) is -0.491. The highest BCUT2D eigenvalue weighted by Crippen LogP contribution is 2.29. The lowest BCUT2D eigenvalue weighted by Crippen LogP contribution is -2.38. The van der Waals surface area contributed by atoms with Crippen LogP contribution in [-0.2, 0) is 14.8 Å². The van der Waals surface area contributed by atoms with Gasteiger partial charge in [0.1, 0.15) is 6.54 Å². The first-order valence-corrected chi connectivity index (χ1v) is 12.1. The van der Waals surface area contributed by atoms with Crippen LogP contribution in [0.4, 0.5) is 10.8 Å². The van der Waals surface area contributed by atoms with Crippen molar-refractivity contribution in [2.24, 2.45) is 0 Å². The maximum Gasteiger partial charge on any atom is 0.264 e. The summed E-state index contributed by atoms with van der Waals surface area (Å²) in [6.07, 6.45) is 1.86. The summed E-state index contributed by atoms with van der Waals surface area (Å²) < 4.78 is 28.6. The Hall–Kier alpha value is -2.43. The molecule has 152 valence electrons. The fraction of sp³-hybridized carbons (Fsp3) is 0.211. The highest BCUT2D eigenvalue weighted by atomic mass is 32.2. The van der Waals surface area contributed by atoms with E-state index in [1.807, 2.05) is 26.2 Å². The minimum absolute atomic E-state index is 0.120. The Morgan fingerprint density at radius 3 is 2.48 bits per heavy atom. The molecule has 3 aromatic rings. The first-order chi connectivity index (χ1) is 13.8. The zero-order valence-electron chi connectivity index (χ0n) is 16.1. The quantitative estimate of drug-likeness (QED) is 0.438. The number of sulfonamides is 1. The number of benzene rings is 2. The van der Waals surface area contributed by atoms with E-state index in [4.69, 9.17) is 0 Å². The summed E-state index contributed by atoms with van der Waals surface area (Å²) in [6, 6.07) is 13.5. The molecule has 0 bridgehead atoms. The van der Waals surface area contributed by atoms with Crippen LogP contribution in [0.5, 0.6) is 0 Å².